The summed E-state index contributed by atoms with van der Waals surface area (Å²) in [6, 6.07) is -0.00525. The highest BCUT2D eigenvalue weighted by molar-refractivity contribution is 4.84. The highest BCUT2D eigenvalue weighted by atomic mass is 19.4. The van der Waals surface area contributed by atoms with E-state index in [1.807, 2.05) is 0 Å². The van der Waals surface area contributed by atoms with E-state index in [9.17, 15) is 13.2 Å². The molecule has 0 aliphatic heterocycles. The third kappa shape index (κ3) is 4.43. The van der Waals surface area contributed by atoms with Gasteiger partial charge in [-0.1, -0.05) is 6.92 Å². The number of methoxy groups -OCH3 is 1. The molecule has 2 N–H and O–H groups in total. The van der Waals surface area contributed by atoms with E-state index in [0.717, 1.165) is 6.42 Å². The summed E-state index contributed by atoms with van der Waals surface area (Å²) in [5, 5.41) is 0. The SMILES string of the molecule is COCCC(C)C(N)C1CCC(C(F)(F)F)CC1. The maximum Gasteiger partial charge on any atom is 0.391 e. The van der Waals surface area contributed by atoms with Crippen molar-refractivity contribution in [3.05, 3.63) is 0 Å². The molecule has 0 bridgehead atoms. The Kier molecular flexibility index (Phi) is 5.92. The Morgan fingerprint density at radius 3 is 2.22 bits per heavy atom. The first-order valence-electron chi connectivity index (χ1n) is 6.67. The highest BCUT2D eigenvalue weighted by Crippen LogP contribution is 2.41. The Morgan fingerprint density at radius 1 is 1.22 bits per heavy atom. The van der Waals surface area contributed by atoms with Crippen LogP contribution in [0.2, 0.25) is 0 Å². The van der Waals surface area contributed by atoms with Gasteiger partial charge in [0, 0.05) is 19.8 Å². The van der Waals surface area contributed by atoms with Crippen molar-refractivity contribution in [2.75, 3.05) is 13.7 Å². The lowest BCUT2D eigenvalue weighted by Gasteiger charge is -2.35. The fraction of sp³-hybridized carbons (Fsp3) is 1.00. The summed E-state index contributed by atoms with van der Waals surface area (Å²) in [6.45, 7) is 2.71. The molecule has 0 saturated heterocycles. The second-order valence-corrected chi connectivity index (χ2v) is 5.49. The molecule has 18 heavy (non-hydrogen) atoms. The van der Waals surface area contributed by atoms with Crippen LogP contribution in [-0.4, -0.2) is 25.9 Å². The predicted octanol–water partition coefficient (Wildman–Crippen LogP) is 3.36. The first-order chi connectivity index (χ1) is 8.36. The number of hydrogen-bond donors (Lipinski definition) is 1. The molecule has 5 heteroatoms. The van der Waals surface area contributed by atoms with Gasteiger partial charge in [-0.05, 0) is 43.9 Å². The Bertz CT molecular complexity index is 237. The number of hydrogen-bond acceptors (Lipinski definition) is 2. The van der Waals surface area contributed by atoms with Crippen molar-refractivity contribution in [1.29, 1.82) is 0 Å². The number of nitrogens with two attached hydrogens (primary N) is 1. The summed E-state index contributed by atoms with van der Waals surface area (Å²) in [5.74, 6) is -0.580. The molecule has 108 valence electrons. The Morgan fingerprint density at radius 2 is 1.78 bits per heavy atom. The quantitative estimate of drug-likeness (QED) is 0.829. The van der Waals surface area contributed by atoms with E-state index in [0.29, 0.717) is 25.4 Å². The van der Waals surface area contributed by atoms with Crippen LogP contribution in [0.15, 0.2) is 0 Å². The number of alkyl halides is 3. The molecule has 0 amide bonds. The van der Waals surface area contributed by atoms with Gasteiger partial charge in [-0.15, -0.1) is 0 Å². The van der Waals surface area contributed by atoms with Gasteiger partial charge in [0.25, 0.3) is 0 Å². The zero-order chi connectivity index (χ0) is 13.8. The first kappa shape index (κ1) is 15.8. The Hall–Kier alpha value is -0.290. The average Bonchev–Trinajstić information content (AvgIpc) is 2.34. The molecule has 1 fully saturated rings. The summed E-state index contributed by atoms with van der Waals surface area (Å²) in [7, 11) is 1.65. The molecule has 1 aliphatic rings. The summed E-state index contributed by atoms with van der Waals surface area (Å²) in [6.07, 6.45) is -1.49. The van der Waals surface area contributed by atoms with Crippen LogP contribution in [0.25, 0.3) is 0 Å². The van der Waals surface area contributed by atoms with Crippen molar-refractivity contribution < 1.29 is 17.9 Å². The summed E-state index contributed by atoms with van der Waals surface area (Å²) >= 11 is 0. The van der Waals surface area contributed by atoms with Crippen molar-refractivity contribution in [3.63, 3.8) is 0 Å². The van der Waals surface area contributed by atoms with Crippen molar-refractivity contribution >= 4 is 0 Å². The monoisotopic (exact) mass is 267 g/mol. The molecular weight excluding hydrogens is 243 g/mol. The standard InChI is InChI=1S/C13H24F3NO/c1-9(7-8-18-2)12(17)10-3-5-11(6-4-10)13(14,15)16/h9-12H,3-8,17H2,1-2H3. The van der Waals surface area contributed by atoms with Gasteiger partial charge in [0.05, 0.1) is 5.92 Å². The van der Waals surface area contributed by atoms with Gasteiger partial charge < -0.3 is 10.5 Å². The molecule has 2 atom stereocenters. The molecule has 2 nitrogen and oxygen atoms in total. The second kappa shape index (κ2) is 6.75. The summed E-state index contributed by atoms with van der Waals surface area (Å²) in [4.78, 5) is 0. The summed E-state index contributed by atoms with van der Waals surface area (Å²) < 4.78 is 42.6. The van der Waals surface area contributed by atoms with Crippen LogP contribution in [0.4, 0.5) is 13.2 Å². The van der Waals surface area contributed by atoms with E-state index in [1.54, 1.807) is 7.11 Å². The normalized spacial score (nSPS) is 29.0. The third-order valence-corrected chi connectivity index (χ3v) is 4.21. The van der Waals surface area contributed by atoms with E-state index in [-0.39, 0.29) is 24.8 Å². The number of rotatable bonds is 5. The minimum atomic E-state index is -4.03. The fourth-order valence-electron chi connectivity index (χ4n) is 2.79. The zero-order valence-electron chi connectivity index (χ0n) is 11.2. The lowest BCUT2D eigenvalue weighted by Crippen LogP contribution is -2.40. The molecule has 2 unspecified atom stereocenters. The lowest BCUT2D eigenvalue weighted by atomic mass is 9.75. The molecule has 0 aromatic rings. The average molecular weight is 267 g/mol. The van der Waals surface area contributed by atoms with Gasteiger partial charge >= 0.3 is 6.18 Å². The smallest absolute Gasteiger partial charge is 0.385 e. The zero-order valence-corrected chi connectivity index (χ0v) is 11.2. The maximum absolute atomic E-state index is 12.5. The minimum absolute atomic E-state index is 0.00525. The van der Waals surface area contributed by atoms with Crippen molar-refractivity contribution in [2.24, 2.45) is 23.5 Å². The van der Waals surface area contributed by atoms with Gasteiger partial charge in [-0.2, -0.15) is 13.2 Å². The second-order valence-electron chi connectivity index (χ2n) is 5.49. The van der Waals surface area contributed by atoms with Crippen LogP contribution >= 0.6 is 0 Å². The largest absolute Gasteiger partial charge is 0.391 e. The molecule has 0 spiro atoms. The fourth-order valence-corrected chi connectivity index (χ4v) is 2.79. The van der Waals surface area contributed by atoms with Crippen LogP contribution in [0.1, 0.15) is 39.0 Å². The van der Waals surface area contributed by atoms with Gasteiger partial charge in [-0.3, -0.25) is 0 Å². The van der Waals surface area contributed by atoms with Crippen LogP contribution in [0.5, 0.6) is 0 Å². The molecular formula is C13H24F3NO. The lowest BCUT2D eigenvalue weighted by molar-refractivity contribution is -0.184. The van der Waals surface area contributed by atoms with Crippen molar-refractivity contribution in [3.8, 4) is 0 Å². The Labute approximate surface area is 107 Å². The van der Waals surface area contributed by atoms with Crippen LogP contribution in [0, 0.1) is 17.8 Å². The maximum atomic E-state index is 12.5. The summed E-state index contributed by atoms with van der Waals surface area (Å²) in [5.41, 5.74) is 6.15. The van der Waals surface area contributed by atoms with Gasteiger partial charge in [0.1, 0.15) is 0 Å². The minimum Gasteiger partial charge on any atom is -0.385 e. The molecule has 0 radical (unpaired) electrons. The van der Waals surface area contributed by atoms with E-state index >= 15 is 0 Å². The topological polar surface area (TPSA) is 35.2 Å². The van der Waals surface area contributed by atoms with Crippen molar-refractivity contribution in [1.82, 2.24) is 0 Å². The highest BCUT2D eigenvalue weighted by Gasteiger charge is 2.42. The van der Waals surface area contributed by atoms with E-state index < -0.39 is 12.1 Å². The Balaban J connectivity index is 2.38. The number of halogens is 3. The predicted molar refractivity (Wildman–Crippen MR) is 65.1 cm³/mol. The first-order valence-corrected chi connectivity index (χ1v) is 6.67. The van der Waals surface area contributed by atoms with Gasteiger partial charge in [0.15, 0.2) is 0 Å². The van der Waals surface area contributed by atoms with E-state index in [1.165, 1.54) is 0 Å². The molecule has 1 aliphatic carbocycles. The molecule has 1 saturated carbocycles. The van der Waals surface area contributed by atoms with Crippen LogP contribution < -0.4 is 5.73 Å². The third-order valence-electron chi connectivity index (χ3n) is 4.21. The van der Waals surface area contributed by atoms with Gasteiger partial charge in [0.2, 0.25) is 0 Å². The van der Waals surface area contributed by atoms with Crippen LogP contribution in [0.3, 0.4) is 0 Å². The molecule has 0 aromatic carbocycles. The van der Waals surface area contributed by atoms with Crippen LogP contribution in [-0.2, 0) is 4.74 Å². The molecule has 0 aromatic heterocycles. The van der Waals surface area contributed by atoms with Gasteiger partial charge in [-0.25, -0.2) is 0 Å². The van der Waals surface area contributed by atoms with E-state index in [2.05, 4.69) is 6.92 Å². The molecule has 1 rings (SSSR count). The molecule has 0 heterocycles. The van der Waals surface area contributed by atoms with E-state index in [4.69, 9.17) is 10.5 Å². The number of ether oxygens (including phenoxy) is 1. The van der Waals surface area contributed by atoms with Crippen molar-refractivity contribution in [2.45, 2.75) is 51.2 Å².